The smallest absolute Gasteiger partial charge is 0.407 e. The minimum Gasteiger partial charge on any atom is -0.481 e. The maximum absolute atomic E-state index is 11.9. The zero-order valence-electron chi connectivity index (χ0n) is 11.5. The van der Waals surface area contributed by atoms with Gasteiger partial charge in [-0.15, -0.1) is 11.3 Å². The molecule has 1 atom stereocenters. The SMILES string of the molecule is O=C(O)C[C@H](NC(=O)OCc1ccccc1)c1cc(Br)cs1. The fourth-order valence-electron chi connectivity index (χ4n) is 1.82. The van der Waals surface area contributed by atoms with Gasteiger partial charge in [-0.1, -0.05) is 30.3 Å². The van der Waals surface area contributed by atoms with Crippen LogP contribution in [-0.2, 0) is 16.1 Å². The van der Waals surface area contributed by atoms with Gasteiger partial charge in [-0.2, -0.15) is 0 Å². The molecule has 0 unspecified atom stereocenters. The lowest BCUT2D eigenvalue weighted by atomic mass is 10.2. The Hall–Kier alpha value is -1.86. The van der Waals surface area contributed by atoms with Crippen LogP contribution in [-0.4, -0.2) is 17.2 Å². The fourth-order valence-corrected chi connectivity index (χ4v) is 3.31. The second kappa shape index (κ2) is 7.95. The Labute approximate surface area is 140 Å². The van der Waals surface area contributed by atoms with Gasteiger partial charge in [0.2, 0.25) is 0 Å². The van der Waals surface area contributed by atoms with Gasteiger partial charge in [-0.3, -0.25) is 4.79 Å². The van der Waals surface area contributed by atoms with Crippen LogP contribution in [0.5, 0.6) is 0 Å². The van der Waals surface area contributed by atoms with E-state index in [0.717, 1.165) is 14.9 Å². The number of carbonyl (C=O) groups excluding carboxylic acids is 1. The number of carboxylic acids is 1. The molecule has 0 aliphatic carbocycles. The van der Waals surface area contributed by atoms with E-state index in [9.17, 15) is 9.59 Å². The largest absolute Gasteiger partial charge is 0.481 e. The minimum atomic E-state index is -0.988. The number of hydrogen-bond acceptors (Lipinski definition) is 4. The van der Waals surface area contributed by atoms with E-state index in [1.807, 2.05) is 35.7 Å². The zero-order valence-corrected chi connectivity index (χ0v) is 13.9. The first-order chi connectivity index (χ1) is 10.5. The summed E-state index contributed by atoms with van der Waals surface area (Å²) in [4.78, 5) is 23.6. The summed E-state index contributed by atoms with van der Waals surface area (Å²) in [6.45, 7) is 0.139. The molecule has 7 heteroatoms. The highest BCUT2D eigenvalue weighted by atomic mass is 79.9. The third-order valence-corrected chi connectivity index (χ3v) is 4.62. The van der Waals surface area contributed by atoms with Crippen molar-refractivity contribution in [1.82, 2.24) is 5.32 Å². The Morgan fingerprint density at radius 1 is 1.32 bits per heavy atom. The number of nitrogens with one attached hydrogen (secondary N) is 1. The lowest BCUT2D eigenvalue weighted by Crippen LogP contribution is -2.30. The predicted molar refractivity (Wildman–Crippen MR) is 86.8 cm³/mol. The average molecular weight is 384 g/mol. The average Bonchev–Trinajstić information content (AvgIpc) is 2.92. The highest BCUT2D eigenvalue weighted by Crippen LogP contribution is 2.27. The van der Waals surface area contributed by atoms with Gasteiger partial charge in [-0.05, 0) is 27.6 Å². The van der Waals surface area contributed by atoms with Crippen molar-refractivity contribution in [2.45, 2.75) is 19.1 Å². The monoisotopic (exact) mass is 383 g/mol. The normalized spacial score (nSPS) is 11.7. The third kappa shape index (κ3) is 5.16. The number of thiophene rings is 1. The van der Waals surface area contributed by atoms with E-state index in [1.165, 1.54) is 11.3 Å². The van der Waals surface area contributed by atoms with E-state index < -0.39 is 18.1 Å². The summed E-state index contributed by atoms with van der Waals surface area (Å²) in [7, 11) is 0. The van der Waals surface area contributed by atoms with E-state index in [0.29, 0.717) is 0 Å². The number of hydrogen-bond donors (Lipinski definition) is 2. The van der Waals surface area contributed by atoms with E-state index in [1.54, 1.807) is 6.07 Å². The zero-order chi connectivity index (χ0) is 15.9. The predicted octanol–water partition coefficient (Wildman–Crippen LogP) is 3.95. The summed E-state index contributed by atoms with van der Waals surface area (Å²) in [6.07, 6.45) is -0.840. The van der Waals surface area contributed by atoms with Crippen LogP contribution < -0.4 is 5.32 Å². The van der Waals surface area contributed by atoms with Crippen molar-refractivity contribution in [2.24, 2.45) is 0 Å². The molecule has 1 heterocycles. The maximum atomic E-state index is 11.9. The Kier molecular flexibility index (Phi) is 5.97. The number of ether oxygens (including phenoxy) is 1. The molecule has 0 bridgehead atoms. The highest BCUT2D eigenvalue weighted by molar-refractivity contribution is 9.10. The molecule has 22 heavy (non-hydrogen) atoms. The van der Waals surface area contributed by atoms with E-state index in [2.05, 4.69) is 21.2 Å². The molecule has 0 spiro atoms. The number of benzene rings is 1. The van der Waals surface area contributed by atoms with E-state index in [-0.39, 0.29) is 13.0 Å². The second-order valence-corrected chi connectivity index (χ2v) is 6.38. The molecule has 0 fully saturated rings. The van der Waals surface area contributed by atoms with Crippen molar-refractivity contribution in [2.75, 3.05) is 0 Å². The lowest BCUT2D eigenvalue weighted by Gasteiger charge is -2.15. The van der Waals surface area contributed by atoms with Crippen LogP contribution in [0.3, 0.4) is 0 Å². The van der Waals surface area contributed by atoms with Crippen molar-refractivity contribution in [3.05, 3.63) is 56.7 Å². The molecule has 0 saturated heterocycles. The number of alkyl carbamates (subject to hydrolysis) is 1. The van der Waals surface area contributed by atoms with Gasteiger partial charge in [0.25, 0.3) is 0 Å². The molecule has 2 rings (SSSR count). The van der Waals surface area contributed by atoms with Crippen LogP contribution in [0.25, 0.3) is 0 Å². The van der Waals surface area contributed by atoms with E-state index >= 15 is 0 Å². The van der Waals surface area contributed by atoms with Crippen LogP contribution >= 0.6 is 27.3 Å². The molecular weight excluding hydrogens is 370 g/mol. The maximum Gasteiger partial charge on any atom is 0.407 e. The summed E-state index contributed by atoms with van der Waals surface area (Å²) in [5, 5.41) is 13.4. The Balaban J connectivity index is 1.94. The molecule has 2 aromatic rings. The standard InChI is InChI=1S/C15H14BrNO4S/c16-11-6-13(22-9-11)12(7-14(18)19)17-15(20)21-8-10-4-2-1-3-5-10/h1-6,9,12H,7-8H2,(H,17,20)(H,18,19)/t12-/m0/s1. The molecule has 0 saturated carbocycles. The highest BCUT2D eigenvalue weighted by Gasteiger charge is 2.20. The fraction of sp³-hybridized carbons (Fsp3) is 0.200. The van der Waals surface area contributed by atoms with Crippen LogP contribution in [0, 0.1) is 0 Å². The second-order valence-electron chi connectivity index (χ2n) is 4.52. The van der Waals surface area contributed by atoms with Gasteiger partial charge in [0.05, 0.1) is 12.5 Å². The Bertz CT molecular complexity index is 644. The topological polar surface area (TPSA) is 75.6 Å². The van der Waals surface area contributed by atoms with Crippen molar-refractivity contribution in [1.29, 1.82) is 0 Å². The van der Waals surface area contributed by atoms with Crippen LogP contribution in [0.4, 0.5) is 4.79 Å². The first-order valence-electron chi connectivity index (χ1n) is 6.47. The molecule has 1 amide bonds. The number of amides is 1. The van der Waals surface area contributed by atoms with Gasteiger partial charge in [0.1, 0.15) is 6.61 Å². The van der Waals surface area contributed by atoms with Crippen molar-refractivity contribution in [3.8, 4) is 0 Å². The van der Waals surface area contributed by atoms with Crippen molar-refractivity contribution >= 4 is 39.3 Å². The molecule has 116 valence electrons. The van der Waals surface area contributed by atoms with Gasteiger partial charge in [0, 0.05) is 14.7 Å². The summed E-state index contributed by atoms with van der Waals surface area (Å²) >= 11 is 4.69. The quantitative estimate of drug-likeness (QED) is 0.791. The van der Waals surface area contributed by atoms with Crippen molar-refractivity contribution in [3.63, 3.8) is 0 Å². The minimum absolute atomic E-state index is 0.139. The van der Waals surface area contributed by atoms with Crippen molar-refractivity contribution < 1.29 is 19.4 Å². The van der Waals surface area contributed by atoms with Gasteiger partial charge in [0.15, 0.2) is 0 Å². The number of carboxylic acid groups (broad SMARTS) is 1. The molecular formula is C15H14BrNO4S. The van der Waals surface area contributed by atoms with Crippen LogP contribution in [0.2, 0.25) is 0 Å². The van der Waals surface area contributed by atoms with Crippen LogP contribution in [0.1, 0.15) is 22.9 Å². The van der Waals surface area contributed by atoms with Gasteiger partial charge < -0.3 is 15.2 Å². The molecule has 0 aliphatic heterocycles. The van der Waals surface area contributed by atoms with Gasteiger partial charge in [-0.25, -0.2) is 4.79 Å². The molecule has 1 aromatic heterocycles. The summed E-state index contributed by atoms with van der Waals surface area (Å²) < 4.78 is 5.97. The molecule has 1 aromatic carbocycles. The number of halogens is 1. The summed E-state index contributed by atoms with van der Waals surface area (Å²) in [5.74, 6) is -0.988. The summed E-state index contributed by atoms with van der Waals surface area (Å²) in [6, 6.07) is 10.4. The first kappa shape index (κ1) is 16.5. The lowest BCUT2D eigenvalue weighted by molar-refractivity contribution is -0.137. The Morgan fingerprint density at radius 2 is 2.05 bits per heavy atom. The third-order valence-electron chi connectivity index (χ3n) is 2.81. The molecule has 5 nitrogen and oxygen atoms in total. The number of carbonyl (C=O) groups is 2. The molecule has 0 aliphatic rings. The Morgan fingerprint density at radius 3 is 2.64 bits per heavy atom. The van der Waals surface area contributed by atoms with E-state index in [4.69, 9.17) is 9.84 Å². The molecule has 2 N–H and O–H groups in total. The van der Waals surface area contributed by atoms with Gasteiger partial charge >= 0.3 is 12.1 Å². The number of aliphatic carboxylic acids is 1. The van der Waals surface area contributed by atoms with Crippen LogP contribution in [0.15, 0.2) is 46.3 Å². The first-order valence-corrected chi connectivity index (χ1v) is 8.15. The number of rotatable bonds is 6. The molecule has 0 radical (unpaired) electrons. The summed E-state index contributed by atoms with van der Waals surface area (Å²) in [5.41, 5.74) is 0.867.